The van der Waals surface area contributed by atoms with Gasteiger partial charge in [-0.1, -0.05) is 24.3 Å². The van der Waals surface area contributed by atoms with Gasteiger partial charge in [0.25, 0.3) is 0 Å². The van der Waals surface area contributed by atoms with Crippen molar-refractivity contribution in [2.45, 2.75) is 17.9 Å². The smallest absolute Gasteiger partial charge is 0.238 e. The van der Waals surface area contributed by atoms with E-state index >= 15 is 0 Å². The number of rotatable bonds is 3. The Morgan fingerprint density at radius 2 is 1.90 bits per heavy atom. The third-order valence-electron chi connectivity index (χ3n) is 3.71. The molecule has 3 rings (SSSR count). The van der Waals surface area contributed by atoms with Crippen LogP contribution in [-0.2, 0) is 23.0 Å². The number of hydrogen-bond acceptors (Lipinski definition) is 3. The normalized spacial score (nSPS) is 14.3. The number of nitrogens with two attached hydrogens (primary N) is 1. The van der Waals surface area contributed by atoms with Gasteiger partial charge in [0.05, 0.1) is 4.90 Å². The molecular formula is C15H15FN2O2S. The van der Waals surface area contributed by atoms with Gasteiger partial charge in [-0.3, -0.25) is 0 Å². The average Bonchev–Trinajstić information content (AvgIpc) is 2.83. The van der Waals surface area contributed by atoms with Crippen LogP contribution in [-0.4, -0.2) is 15.0 Å². The molecule has 6 heteroatoms. The van der Waals surface area contributed by atoms with Gasteiger partial charge in [-0.2, -0.15) is 0 Å². The fourth-order valence-corrected chi connectivity index (χ4v) is 3.51. The standard InChI is InChI=1S/C15H15FN2O2S/c16-13-5-3-6-14-12(13)8-9-18(14)10-11-4-1-2-7-15(11)21(17,19)20/h1-7H,8-10H2,(H2,17,19,20). The maximum absolute atomic E-state index is 13.7. The van der Waals surface area contributed by atoms with Crippen LogP contribution in [0.25, 0.3) is 0 Å². The first-order valence-electron chi connectivity index (χ1n) is 6.60. The number of fused-ring (bicyclic) bond motifs is 1. The minimum absolute atomic E-state index is 0.120. The Balaban J connectivity index is 1.96. The Bertz CT molecular complexity index is 790. The monoisotopic (exact) mass is 306 g/mol. The first-order valence-corrected chi connectivity index (χ1v) is 8.14. The summed E-state index contributed by atoms with van der Waals surface area (Å²) in [4.78, 5) is 2.09. The lowest BCUT2D eigenvalue weighted by Crippen LogP contribution is -2.22. The van der Waals surface area contributed by atoms with E-state index in [9.17, 15) is 12.8 Å². The van der Waals surface area contributed by atoms with Gasteiger partial charge in [0.2, 0.25) is 10.0 Å². The molecule has 0 spiro atoms. The third kappa shape index (κ3) is 2.64. The summed E-state index contributed by atoms with van der Waals surface area (Å²) in [5.41, 5.74) is 2.13. The average molecular weight is 306 g/mol. The number of halogens is 1. The first kappa shape index (κ1) is 14.0. The molecule has 0 saturated carbocycles. The second-order valence-electron chi connectivity index (χ2n) is 5.06. The molecule has 2 aromatic rings. The molecule has 0 bridgehead atoms. The Morgan fingerprint density at radius 3 is 2.67 bits per heavy atom. The molecule has 1 heterocycles. The fraction of sp³-hybridized carbons (Fsp3) is 0.200. The van der Waals surface area contributed by atoms with E-state index in [1.807, 2.05) is 11.0 Å². The molecule has 0 saturated heterocycles. The molecule has 0 radical (unpaired) electrons. The zero-order valence-corrected chi connectivity index (χ0v) is 12.1. The van der Waals surface area contributed by atoms with Gasteiger partial charge in [-0.05, 0) is 30.2 Å². The van der Waals surface area contributed by atoms with Gasteiger partial charge < -0.3 is 4.90 Å². The van der Waals surface area contributed by atoms with Crippen LogP contribution >= 0.6 is 0 Å². The molecule has 21 heavy (non-hydrogen) atoms. The first-order chi connectivity index (χ1) is 9.97. The lowest BCUT2D eigenvalue weighted by atomic mass is 10.1. The summed E-state index contributed by atoms with van der Waals surface area (Å²) >= 11 is 0. The molecule has 0 amide bonds. The van der Waals surface area contributed by atoms with Gasteiger partial charge >= 0.3 is 0 Å². The second-order valence-corrected chi connectivity index (χ2v) is 6.59. The van der Waals surface area contributed by atoms with E-state index in [1.54, 1.807) is 24.3 Å². The summed E-state index contributed by atoms with van der Waals surface area (Å²) in [6.45, 7) is 1.05. The maximum atomic E-state index is 13.7. The van der Waals surface area contributed by atoms with E-state index < -0.39 is 10.0 Å². The molecule has 0 aromatic heterocycles. The molecular weight excluding hydrogens is 291 g/mol. The van der Waals surface area contributed by atoms with E-state index in [2.05, 4.69) is 0 Å². The zero-order chi connectivity index (χ0) is 15.0. The number of anilines is 1. The van der Waals surface area contributed by atoms with Crippen molar-refractivity contribution >= 4 is 15.7 Å². The number of primary sulfonamides is 1. The molecule has 2 aromatic carbocycles. The number of hydrogen-bond donors (Lipinski definition) is 1. The molecule has 4 nitrogen and oxygen atoms in total. The lowest BCUT2D eigenvalue weighted by Gasteiger charge is -2.20. The predicted octanol–water partition coefficient (Wildman–Crippen LogP) is 2.04. The van der Waals surface area contributed by atoms with Crippen LogP contribution in [0, 0.1) is 5.82 Å². The van der Waals surface area contributed by atoms with Crippen molar-refractivity contribution in [3.8, 4) is 0 Å². The fourth-order valence-electron chi connectivity index (χ4n) is 2.74. The van der Waals surface area contributed by atoms with Crippen LogP contribution in [0.2, 0.25) is 0 Å². The van der Waals surface area contributed by atoms with E-state index in [-0.39, 0.29) is 10.7 Å². The SMILES string of the molecule is NS(=O)(=O)c1ccccc1CN1CCc2c(F)cccc21. The minimum atomic E-state index is -3.76. The van der Waals surface area contributed by atoms with Crippen molar-refractivity contribution in [1.29, 1.82) is 0 Å². The maximum Gasteiger partial charge on any atom is 0.238 e. The van der Waals surface area contributed by atoms with Gasteiger partial charge in [0.1, 0.15) is 5.82 Å². The largest absolute Gasteiger partial charge is 0.367 e. The van der Waals surface area contributed by atoms with E-state index in [1.165, 1.54) is 12.1 Å². The van der Waals surface area contributed by atoms with Crippen molar-refractivity contribution in [2.24, 2.45) is 5.14 Å². The number of sulfonamides is 1. The van der Waals surface area contributed by atoms with Crippen LogP contribution in [0.1, 0.15) is 11.1 Å². The summed E-state index contributed by atoms with van der Waals surface area (Å²) in [5, 5.41) is 5.24. The topological polar surface area (TPSA) is 63.4 Å². The lowest BCUT2D eigenvalue weighted by molar-refractivity contribution is 0.596. The highest BCUT2D eigenvalue weighted by Crippen LogP contribution is 2.31. The van der Waals surface area contributed by atoms with Crippen molar-refractivity contribution in [3.63, 3.8) is 0 Å². The summed E-state index contributed by atoms with van der Waals surface area (Å²) < 4.78 is 37.0. The van der Waals surface area contributed by atoms with Crippen LogP contribution in [0.4, 0.5) is 10.1 Å². The highest BCUT2D eigenvalue weighted by molar-refractivity contribution is 7.89. The number of nitrogens with zero attached hydrogens (tertiary/aromatic N) is 1. The number of benzene rings is 2. The summed E-state index contributed by atoms with van der Waals surface area (Å²) in [5.74, 6) is -0.213. The van der Waals surface area contributed by atoms with E-state index in [0.717, 1.165) is 5.69 Å². The van der Waals surface area contributed by atoms with Crippen molar-refractivity contribution < 1.29 is 12.8 Å². The Hall–Kier alpha value is -1.92. The molecule has 0 fully saturated rings. The van der Waals surface area contributed by atoms with Crippen LogP contribution in [0.3, 0.4) is 0 Å². The van der Waals surface area contributed by atoms with Crippen LogP contribution in [0.5, 0.6) is 0 Å². The molecule has 110 valence electrons. The zero-order valence-electron chi connectivity index (χ0n) is 11.3. The summed E-state index contributed by atoms with van der Waals surface area (Å²) in [6, 6.07) is 11.6. The van der Waals surface area contributed by atoms with E-state index in [4.69, 9.17) is 5.14 Å². The van der Waals surface area contributed by atoms with Crippen molar-refractivity contribution in [1.82, 2.24) is 0 Å². The van der Waals surface area contributed by atoms with Gasteiger partial charge in [-0.25, -0.2) is 17.9 Å². The molecule has 1 aliphatic heterocycles. The highest BCUT2D eigenvalue weighted by Gasteiger charge is 2.23. The van der Waals surface area contributed by atoms with Crippen LogP contribution < -0.4 is 10.0 Å². The molecule has 0 unspecified atom stereocenters. The van der Waals surface area contributed by atoms with Crippen molar-refractivity contribution in [3.05, 3.63) is 59.4 Å². The van der Waals surface area contributed by atoms with Gasteiger partial charge in [0, 0.05) is 24.3 Å². The summed E-state index contributed by atoms with van der Waals surface area (Å²) in [7, 11) is -3.76. The van der Waals surface area contributed by atoms with Gasteiger partial charge in [0.15, 0.2) is 0 Å². The second kappa shape index (κ2) is 5.13. The Kier molecular flexibility index (Phi) is 3.43. The van der Waals surface area contributed by atoms with Gasteiger partial charge in [-0.15, -0.1) is 0 Å². The Labute approximate surface area is 123 Å². The minimum Gasteiger partial charge on any atom is -0.367 e. The molecule has 0 atom stereocenters. The summed E-state index contributed by atoms with van der Waals surface area (Å²) in [6.07, 6.45) is 0.625. The Morgan fingerprint density at radius 1 is 1.14 bits per heavy atom. The van der Waals surface area contributed by atoms with E-state index in [0.29, 0.717) is 30.6 Å². The molecule has 2 N–H and O–H groups in total. The molecule has 0 aliphatic carbocycles. The molecule has 1 aliphatic rings. The quantitative estimate of drug-likeness (QED) is 0.944. The highest BCUT2D eigenvalue weighted by atomic mass is 32.2. The van der Waals surface area contributed by atoms with Crippen molar-refractivity contribution in [2.75, 3.05) is 11.4 Å². The predicted molar refractivity (Wildman–Crippen MR) is 79.0 cm³/mol. The van der Waals surface area contributed by atoms with Crippen LogP contribution in [0.15, 0.2) is 47.4 Å². The third-order valence-corrected chi connectivity index (χ3v) is 4.72.